The van der Waals surface area contributed by atoms with Gasteiger partial charge in [-0.1, -0.05) is 0 Å². The van der Waals surface area contributed by atoms with Crippen molar-refractivity contribution in [2.24, 2.45) is 0 Å². The van der Waals surface area contributed by atoms with Crippen molar-refractivity contribution >= 4 is 11.9 Å². The summed E-state index contributed by atoms with van der Waals surface area (Å²) in [5.74, 6) is -2.69. The number of benzene rings is 1. The summed E-state index contributed by atoms with van der Waals surface area (Å²) in [6, 6.07) is 2.22. The number of aromatic hydroxyl groups is 1. The molecule has 0 radical (unpaired) electrons. The Balaban J connectivity index is 3.40. The quantitative estimate of drug-likeness (QED) is 0.743. The summed E-state index contributed by atoms with van der Waals surface area (Å²) < 4.78 is 9.19. The lowest BCUT2D eigenvalue weighted by atomic mass is 10.1. The van der Waals surface area contributed by atoms with Crippen molar-refractivity contribution in [3.05, 3.63) is 23.3 Å². The van der Waals surface area contributed by atoms with E-state index in [0.717, 1.165) is 6.07 Å². The molecule has 1 aromatic rings. The fourth-order valence-corrected chi connectivity index (χ4v) is 1.16. The molecule has 0 unspecified atom stereocenters. The zero-order chi connectivity index (χ0) is 12.3. The van der Waals surface area contributed by atoms with Gasteiger partial charge in [0.1, 0.15) is 5.56 Å². The summed E-state index contributed by atoms with van der Waals surface area (Å²) in [4.78, 5) is 22.0. The first-order valence-electron chi connectivity index (χ1n) is 4.23. The highest BCUT2D eigenvalue weighted by Gasteiger charge is 2.19. The topological polar surface area (TPSA) is 93.1 Å². The molecule has 0 aromatic heterocycles. The third-order valence-electron chi connectivity index (χ3n) is 1.95. The minimum absolute atomic E-state index is 0.00505. The van der Waals surface area contributed by atoms with Gasteiger partial charge in [0.25, 0.3) is 0 Å². The molecule has 0 saturated heterocycles. The Kier molecular flexibility index (Phi) is 3.34. The highest BCUT2D eigenvalue weighted by Crippen LogP contribution is 2.31. The Bertz CT molecular complexity index is 437. The smallest absolute Gasteiger partial charge is 0.339 e. The number of esters is 1. The normalized spacial score (nSPS) is 9.62. The Morgan fingerprint density at radius 2 is 1.88 bits per heavy atom. The van der Waals surface area contributed by atoms with E-state index in [0.29, 0.717) is 0 Å². The van der Waals surface area contributed by atoms with Gasteiger partial charge < -0.3 is 19.7 Å². The van der Waals surface area contributed by atoms with Gasteiger partial charge in [-0.25, -0.2) is 9.59 Å². The first-order chi connectivity index (χ1) is 7.51. The van der Waals surface area contributed by atoms with Gasteiger partial charge in [-0.3, -0.25) is 0 Å². The van der Waals surface area contributed by atoms with Crippen molar-refractivity contribution in [2.45, 2.75) is 0 Å². The lowest BCUT2D eigenvalue weighted by molar-refractivity contribution is 0.0600. The van der Waals surface area contributed by atoms with E-state index in [1.165, 1.54) is 20.3 Å². The number of aromatic carboxylic acids is 1. The van der Waals surface area contributed by atoms with Gasteiger partial charge in [-0.2, -0.15) is 0 Å². The second-order valence-corrected chi connectivity index (χ2v) is 2.87. The number of hydrogen-bond acceptors (Lipinski definition) is 5. The van der Waals surface area contributed by atoms with Gasteiger partial charge in [0, 0.05) is 0 Å². The van der Waals surface area contributed by atoms with E-state index < -0.39 is 23.3 Å². The molecule has 0 spiro atoms. The fraction of sp³-hybridized carbons (Fsp3) is 0.200. The number of carboxylic acids is 1. The summed E-state index contributed by atoms with van der Waals surface area (Å²) in [5.41, 5.74) is -0.422. The molecule has 0 fully saturated rings. The second-order valence-electron chi connectivity index (χ2n) is 2.87. The molecule has 0 heterocycles. The van der Waals surface area contributed by atoms with E-state index in [4.69, 9.17) is 9.84 Å². The zero-order valence-electron chi connectivity index (χ0n) is 8.68. The molecule has 1 aromatic carbocycles. The third-order valence-corrected chi connectivity index (χ3v) is 1.95. The Hall–Kier alpha value is -2.24. The summed E-state index contributed by atoms with van der Waals surface area (Å²) >= 11 is 0. The molecule has 1 rings (SSSR count). The molecule has 0 amide bonds. The van der Waals surface area contributed by atoms with Crippen LogP contribution >= 0.6 is 0 Å². The summed E-state index contributed by atoms with van der Waals surface area (Å²) in [7, 11) is 2.42. The van der Waals surface area contributed by atoms with Gasteiger partial charge in [0.2, 0.25) is 0 Å². The average molecular weight is 226 g/mol. The van der Waals surface area contributed by atoms with Gasteiger partial charge in [-0.15, -0.1) is 0 Å². The SMILES string of the molecule is COC(=O)c1cc(OC)c(O)c(C(=O)O)c1. The molecule has 0 saturated carbocycles. The van der Waals surface area contributed by atoms with Crippen LogP contribution in [0.5, 0.6) is 11.5 Å². The van der Waals surface area contributed by atoms with E-state index in [2.05, 4.69) is 4.74 Å². The molecule has 6 heteroatoms. The molecule has 0 aliphatic carbocycles. The lowest BCUT2D eigenvalue weighted by Crippen LogP contribution is -2.06. The minimum Gasteiger partial charge on any atom is -0.504 e. The predicted molar refractivity (Wildman–Crippen MR) is 53.0 cm³/mol. The second kappa shape index (κ2) is 4.52. The summed E-state index contributed by atoms with van der Waals surface area (Å²) in [6.45, 7) is 0. The average Bonchev–Trinajstić information content (AvgIpc) is 2.27. The van der Waals surface area contributed by atoms with Crippen LogP contribution in [0.1, 0.15) is 20.7 Å². The monoisotopic (exact) mass is 226 g/mol. The molecule has 0 bridgehead atoms. The number of ether oxygens (including phenoxy) is 2. The van der Waals surface area contributed by atoms with Crippen LogP contribution in [0.3, 0.4) is 0 Å². The molecule has 6 nitrogen and oxygen atoms in total. The van der Waals surface area contributed by atoms with E-state index in [1.54, 1.807) is 0 Å². The number of methoxy groups -OCH3 is 2. The third kappa shape index (κ3) is 2.05. The van der Waals surface area contributed by atoms with Crippen molar-refractivity contribution in [1.29, 1.82) is 0 Å². The lowest BCUT2D eigenvalue weighted by Gasteiger charge is -2.08. The van der Waals surface area contributed by atoms with Crippen molar-refractivity contribution in [3.8, 4) is 11.5 Å². The highest BCUT2D eigenvalue weighted by molar-refractivity contribution is 5.97. The first-order valence-corrected chi connectivity index (χ1v) is 4.23. The van der Waals surface area contributed by atoms with Crippen LogP contribution in [0, 0.1) is 0 Å². The maximum atomic E-state index is 11.2. The van der Waals surface area contributed by atoms with E-state index in [9.17, 15) is 14.7 Å². The Morgan fingerprint density at radius 3 is 2.31 bits per heavy atom. The standard InChI is InChI=1S/C10H10O6/c1-15-7-4-5(10(14)16-2)3-6(8(7)11)9(12)13/h3-4,11H,1-2H3,(H,12,13). The van der Waals surface area contributed by atoms with Crippen LogP contribution in [0.4, 0.5) is 0 Å². The molecule has 16 heavy (non-hydrogen) atoms. The highest BCUT2D eigenvalue weighted by atomic mass is 16.5. The number of carbonyl (C=O) groups is 2. The van der Waals surface area contributed by atoms with Crippen LogP contribution in [-0.4, -0.2) is 36.4 Å². The number of carbonyl (C=O) groups excluding carboxylic acids is 1. The van der Waals surface area contributed by atoms with Crippen molar-refractivity contribution in [3.63, 3.8) is 0 Å². The first kappa shape index (κ1) is 11.8. The zero-order valence-corrected chi connectivity index (χ0v) is 8.68. The predicted octanol–water partition coefficient (Wildman–Crippen LogP) is 0.886. The van der Waals surface area contributed by atoms with Crippen molar-refractivity contribution in [1.82, 2.24) is 0 Å². The fourth-order valence-electron chi connectivity index (χ4n) is 1.16. The van der Waals surface area contributed by atoms with Gasteiger partial charge >= 0.3 is 11.9 Å². The maximum absolute atomic E-state index is 11.2. The Labute approximate surface area is 91.0 Å². The molecule has 2 N–H and O–H groups in total. The summed E-state index contributed by atoms with van der Waals surface area (Å²) in [5, 5.41) is 18.3. The minimum atomic E-state index is -1.36. The van der Waals surface area contributed by atoms with E-state index in [-0.39, 0.29) is 11.3 Å². The number of rotatable bonds is 3. The van der Waals surface area contributed by atoms with E-state index in [1.807, 2.05) is 0 Å². The van der Waals surface area contributed by atoms with Crippen LogP contribution in [0.2, 0.25) is 0 Å². The van der Waals surface area contributed by atoms with Crippen LogP contribution in [0.15, 0.2) is 12.1 Å². The van der Waals surface area contributed by atoms with Crippen LogP contribution < -0.4 is 4.74 Å². The van der Waals surface area contributed by atoms with E-state index >= 15 is 0 Å². The molecular formula is C10H10O6. The van der Waals surface area contributed by atoms with Crippen molar-refractivity contribution in [2.75, 3.05) is 14.2 Å². The molecule has 0 aliphatic heterocycles. The van der Waals surface area contributed by atoms with Crippen molar-refractivity contribution < 1.29 is 29.3 Å². The van der Waals surface area contributed by atoms with Crippen LogP contribution in [-0.2, 0) is 4.74 Å². The molecule has 86 valence electrons. The van der Waals surface area contributed by atoms with Gasteiger partial charge in [0.05, 0.1) is 19.8 Å². The Morgan fingerprint density at radius 1 is 1.25 bits per heavy atom. The molecular weight excluding hydrogens is 216 g/mol. The number of phenols is 1. The summed E-state index contributed by atoms with van der Waals surface area (Å²) in [6.07, 6.45) is 0. The van der Waals surface area contributed by atoms with Gasteiger partial charge in [0.15, 0.2) is 11.5 Å². The maximum Gasteiger partial charge on any atom is 0.339 e. The molecule has 0 aliphatic rings. The number of hydrogen-bond donors (Lipinski definition) is 2. The van der Waals surface area contributed by atoms with Gasteiger partial charge in [-0.05, 0) is 12.1 Å². The van der Waals surface area contributed by atoms with Crippen LogP contribution in [0.25, 0.3) is 0 Å². The molecule has 0 atom stereocenters. The number of carboxylic acid groups (broad SMARTS) is 1. The largest absolute Gasteiger partial charge is 0.504 e.